The van der Waals surface area contributed by atoms with Crippen LogP contribution in [0.2, 0.25) is 0 Å². The molecule has 0 N–H and O–H groups in total. The maximum atomic E-state index is 4.29. The normalized spacial score (nSPS) is 10.6. The molecule has 14 heavy (non-hydrogen) atoms. The van der Waals surface area contributed by atoms with Crippen LogP contribution >= 0.6 is 0 Å². The van der Waals surface area contributed by atoms with Crippen molar-refractivity contribution >= 4 is 10.9 Å². The Morgan fingerprint density at radius 3 is 3.00 bits per heavy atom. The van der Waals surface area contributed by atoms with Gasteiger partial charge in [0.1, 0.15) is 0 Å². The zero-order chi connectivity index (χ0) is 9.80. The van der Waals surface area contributed by atoms with Gasteiger partial charge in [-0.15, -0.1) is 0 Å². The molecule has 0 amide bonds. The first-order valence-corrected chi connectivity index (χ1v) is 5.03. The van der Waals surface area contributed by atoms with Gasteiger partial charge in [0, 0.05) is 11.6 Å². The molecular weight excluding hydrogens is 170 g/mol. The molecule has 0 aliphatic carbocycles. The molecule has 1 radical (unpaired) electrons. The highest BCUT2D eigenvalue weighted by Gasteiger charge is 1.96. The van der Waals surface area contributed by atoms with E-state index in [2.05, 4.69) is 36.2 Å². The van der Waals surface area contributed by atoms with Gasteiger partial charge in [0.15, 0.2) is 0 Å². The second kappa shape index (κ2) is 4.23. The molecule has 0 aliphatic heterocycles. The van der Waals surface area contributed by atoms with Crippen LogP contribution in [0.1, 0.15) is 18.4 Å². The first-order valence-electron chi connectivity index (χ1n) is 5.03. The molecule has 0 saturated carbocycles. The van der Waals surface area contributed by atoms with Crippen LogP contribution < -0.4 is 0 Å². The lowest BCUT2D eigenvalue weighted by Crippen LogP contribution is -1.85. The van der Waals surface area contributed by atoms with Crippen LogP contribution in [-0.2, 0) is 6.42 Å². The maximum Gasteiger partial charge on any atom is 0.0702 e. The summed E-state index contributed by atoms with van der Waals surface area (Å²) in [6.07, 6.45) is 5.11. The van der Waals surface area contributed by atoms with Crippen molar-refractivity contribution in [2.45, 2.75) is 19.3 Å². The van der Waals surface area contributed by atoms with E-state index in [1.54, 1.807) is 0 Å². The van der Waals surface area contributed by atoms with Gasteiger partial charge in [-0.2, -0.15) is 0 Å². The van der Waals surface area contributed by atoms with E-state index in [1.165, 1.54) is 10.9 Å². The molecule has 0 bridgehead atoms. The van der Waals surface area contributed by atoms with Gasteiger partial charge >= 0.3 is 0 Å². The van der Waals surface area contributed by atoms with Crippen molar-refractivity contribution in [3.05, 3.63) is 49.0 Å². The number of aromatic nitrogens is 1. The van der Waals surface area contributed by atoms with Gasteiger partial charge in [-0.05, 0) is 36.6 Å². The van der Waals surface area contributed by atoms with Crippen LogP contribution in [-0.4, -0.2) is 4.98 Å². The van der Waals surface area contributed by atoms with Crippen LogP contribution in [0.4, 0.5) is 0 Å². The van der Waals surface area contributed by atoms with E-state index in [0.717, 1.165) is 24.8 Å². The van der Waals surface area contributed by atoms with Crippen LogP contribution in [0.3, 0.4) is 0 Å². The van der Waals surface area contributed by atoms with Gasteiger partial charge in [-0.3, -0.25) is 4.98 Å². The van der Waals surface area contributed by atoms with E-state index in [4.69, 9.17) is 0 Å². The summed E-state index contributed by atoms with van der Waals surface area (Å²) in [5.74, 6) is 0. The van der Waals surface area contributed by atoms with Crippen molar-refractivity contribution in [1.82, 2.24) is 4.98 Å². The van der Waals surface area contributed by atoms with Gasteiger partial charge in [0.2, 0.25) is 0 Å². The maximum absolute atomic E-state index is 4.29. The van der Waals surface area contributed by atoms with Crippen LogP contribution in [0, 0.1) is 6.92 Å². The standard InChI is InChI=1S/C13H14N/c1-2-3-5-11-7-8-13-12(10-11)6-4-9-14-13/h4,6-10H,1-3,5H2. The summed E-state index contributed by atoms with van der Waals surface area (Å²) in [7, 11) is 0. The highest BCUT2D eigenvalue weighted by molar-refractivity contribution is 5.78. The lowest BCUT2D eigenvalue weighted by Gasteiger charge is -2.01. The van der Waals surface area contributed by atoms with E-state index in [9.17, 15) is 0 Å². The molecule has 0 atom stereocenters. The number of unbranched alkanes of at least 4 members (excludes halogenated alkanes) is 1. The largest absolute Gasteiger partial charge is 0.256 e. The summed E-state index contributed by atoms with van der Waals surface area (Å²) in [6.45, 7) is 3.85. The number of aryl methyl sites for hydroxylation is 1. The third-order valence-corrected chi connectivity index (χ3v) is 2.38. The number of rotatable bonds is 3. The fourth-order valence-electron chi connectivity index (χ4n) is 1.61. The Labute approximate surface area is 84.8 Å². The SMILES string of the molecule is [CH2]CCCc1ccc2ncccc2c1. The third kappa shape index (κ3) is 1.92. The Morgan fingerprint density at radius 2 is 2.14 bits per heavy atom. The van der Waals surface area contributed by atoms with E-state index in [0.29, 0.717) is 0 Å². The number of fused-ring (bicyclic) bond motifs is 1. The molecule has 0 aliphatic rings. The van der Waals surface area contributed by atoms with Crippen molar-refractivity contribution in [3.8, 4) is 0 Å². The molecule has 2 aromatic rings. The number of benzene rings is 1. The molecule has 0 spiro atoms. The molecule has 1 nitrogen and oxygen atoms in total. The Kier molecular flexibility index (Phi) is 2.78. The van der Waals surface area contributed by atoms with E-state index in [1.807, 2.05) is 12.3 Å². The summed E-state index contributed by atoms with van der Waals surface area (Å²) in [4.78, 5) is 4.29. The van der Waals surface area contributed by atoms with Gasteiger partial charge < -0.3 is 0 Å². The average molecular weight is 184 g/mol. The molecule has 1 aromatic carbocycles. The lowest BCUT2D eigenvalue weighted by atomic mass is 10.1. The average Bonchev–Trinajstić information content (AvgIpc) is 2.26. The minimum atomic E-state index is 1.01. The van der Waals surface area contributed by atoms with Gasteiger partial charge in [0.05, 0.1) is 5.52 Å². The molecular formula is C13H14N. The van der Waals surface area contributed by atoms with Crippen molar-refractivity contribution < 1.29 is 0 Å². The number of pyridine rings is 1. The third-order valence-electron chi connectivity index (χ3n) is 2.38. The molecule has 71 valence electrons. The summed E-state index contributed by atoms with van der Waals surface area (Å²) in [5.41, 5.74) is 2.46. The smallest absolute Gasteiger partial charge is 0.0702 e. The van der Waals surface area contributed by atoms with E-state index >= 15 is 0 Å². The highest BCUT2D eigenvalue weighted by atomic mass is 14.6. The Balaban J connectivity index is 2.32. The van der Waals surface area contributed by atoms with Crippen molar-refractivity contribution in [2.75, 3.05) is 0 Å². The van der Waals surface area contributed by atoms with Crippen LogP contribution in [0.15, 0.2) is 36.5 Å². The quantitative estimate of drug-likeness (QED) is 0.712. The molecule has 1 heteroatoms. The highest BCUT2D eigenvalue weighted by Crippen LogP contribution is 2.14. The number of hydrogen-bond acceptors (Lipinski definition) is 1. The van der Waals surface area contributed by atoms with Crippen molar-refractivity contribution in [3.63, 3.8) is 0 Å². The number of nitrogens with zero attached hydrogens (tertiary/aromatic N) is 1. The molecule has 0 saturated heterocycles. The lowest BCUT2D eigenvalue weighted by molar-refractivity contribution is 0.842. The van der Waals surface area contributed by atoms with E-state index in [-0.39, 0.29) is 0 Å². The first-order chi connectivity index (χ1) is 6.90. The second-order valence-corrected chi connectivity index (χ2v) is 3.49. The summed E-state index contributed by atoms with van der Waals surface area (Å²) in [5, 5.41) is 1.23. The van der Waals surface area contributed by atoms with E-state index < -0.39 is 0 Å². The Bertz CT molecular complexity index is 420. The van der Waals surface area contributed by atoms with Gasteiger partial charge in [-0.1, -0.05) is 25.5 Å². The summed E-state index contributed by atoms with van der Waals surface area (Å²) >= 11 is 0. The predicted octanol–water partition coefficient (Wildman–Crippen LogP) is 3.39. The van der Waals surface area contributed by atoms with Gasteiger partial charge in [0.25, 0.3) is 0 Å². The molecule has 1 aromatic heterocycles. The molecule has 0 fully saturated rings. The van der Waals surface area contributed by atoms with Gasteiger partial charge in [-0.25, -0.2) is 0 Å². The molecule has 2 rings (SSSR count). The Morgan fingerprint density at radius 1 is 1.21 bits per heavy atom. The van der Waals surface area contributed by atoms with Crippen LogP contribution in [0.5, 0.6) is 0 Å². The predicted molar refractivity (Wildman–Crippen MR) is 60.0 cm³/mol. The summed E-state index contributed by atoms with van der Waals surface area (Å²) < 4.78 is 0. The molecule has 0 unspecified atom stereocenters. The minimum absolute atomic E-state index is 1.01. The summed E-state index contributed by atoms with van der Waals surface area (Å²) in [6, 6.07) is 10.6. The monoisotopic (exact) mass is 184 g/mol. The topological polar surface area (TPSA) is 12.9 Å². The zero-order valence-electron chi connectivity index (χ0n) is 8.24. The second-order valence-electron chi connectivity index (χ2n) is 3.49. The first kappa shape index (κ1) is 9.20. The molecule has 1 heterocycles. The Hall–Kier alpha value is -1.37. The number of hydrogen-bond donors (Lipinski definition) is 0. The van der Waals surface area contributed by atoms with Crippen LogP contribution in [0.25, 0.3) is 10.9 Å². The fourth-order valence-corrected chi connectivity index (χ4v) is 1.61. The zero-order valence-corrected chi connectivity index (χ0v) is 8.24. The minimum Gasteiger partial charge on any atom is -0.256 e. The fraction of sp³-hybridized carbons (Fsp3) is 0.231. The van der Waals surface area contributed by atoms with Crippen molar-refractivity contribution in [2.24, 2.45) is 0 Å². The van der Waals surface area contributed by atoms with Crippen molar-refractivity contribution in [1.29, 1.82) is 0 Å².